The normalized spacial score (nSPS) is 11.8. The zero-order valence-electron chi connectivity index (χ0n) is 15.5. The number of hydrogen-bond acceptors (Lipinski definition) is 5. The summed E-state index contributed by atoms with van der Waals surface area (Å²) in [5, 5.41) is 2.43. The summed E-state index contributed by atoms with van der Waals surface area (Å²) in [5.74, 6) is 0.216. The number of alkyl halides is 3. The van der Waals surface area contributed by atoms with Gasteiger partial charge < -0.3 is 14.0 Å². The predicted molar refractivity (Wildman–Crippen MR) is 104 cm³/mol. The van der Waals surface area contributed by atoms with Crippen LogP contribution in [0, 0.1) is 0 Å². The molecule has 9 heteroatoms. The molecule has 0 unspecified atom stereocenters. The number of nitrogens with zero attached hydrogens (tertiary/aromatic N) is 3. The van der Waals surface area contributed by atoms with Crippen molar-refractivity contribution in [3.05, 3.63) is 59.4 Å². The summed E-state index contributed by atoms with van der Waals surface area (Å²) in [6.45, 7) is -0.0286. The fourth-order valence-electron chi connectivity index (χ4n) is 3.10. The van der Waals surface area contributed by atoms with Crippen molar-refractivity contribution in [1.82, 2.24) is 14.5 Å². The number of ether oxygens (including phenoxy) is 2. The van der Waals surface area contributed by atoms with E-state index in [2.05, 4.69) is 9.97 Å². The summed E-state index contributed by atoms with van der Waals surface area (Å²) in [4.78, 5) is 8.29. The van der Waals surface area contributed by atoms with Crippen LogP contribution in [0.25, 0.3) is 21.6 Å². The van der Waals surface area contributed by atoms with Crippen LogP contribution in [-0.4, -0.2) is 28.8 Å². The van der Waals surface area contributed by atoms with Crippen LogP contribution in [-0.2, 0) is 12.7 Å². The highest BCUT2D eigenvalue weighted by Gasteiger charge is 2.37. The third kappa shape index (κ3) is 3.65. The third-order valence-corrected chi connectivity index (χ3v) is 5.35. The molecule has 0 aliphatic carbocycles. The van der Waals surface area contributed by atoms with Gasteiger partial charge in [0.25, 0.3) is 0 Å². The van der Waals surface area contributed by atoms with Crippen LogP contribution >= 0.6 is 11.3 Å². The van der Waals surface area contributed by atoms with E-state index in [0.29, 0.717) is 33.2 Å². The maximum atomic E-state index is 13.5. The second kappa shape index (κ2) is 7.40. The molecule has 5 nitrogen and oxygen atoms in total. The second-order valence-electron chi connectivity index (χ2n) is 6.22. The van der Waals surface area contributed by atoms with Gasteiger partial charge in [-0.2, -0.15) is 13.2 Å². The van der Waals surface area contributed by atoms with Crippen LogP contribution in [0.15, 0.2) is 47.8 Å². The zero-order valence-corrected chi connectivity index (χ0v) is 16.3. The Morgan fingerprint density at radius 1 is 1.00 bits per heavy atom. The predicted octanol–water partition coefficient (Wildman–Crippen LogP) is 5.24. The van der Waals surface area contributed by atoms with E-state index in [1.807, 2.05) is 6.07 Å². The van der Waals surface area contributed by atoms with E-state index in [4.69, 9.17) is 9.47 Å². The molecule has 2 aromatic carbocycles. The number of imidazole rings is 1. The number of halogens is 3. The molecule has 0 amide bonds. The maximum absolute atomic E-state index is 13.5. The molecular formula is C20H16F3N3O2S. The minimum Gasteiger partial charge on any atom is -0.493 e. The molecule has 0 fully saturated rings. The summed E-state index contributed by atoms with van der Waals surface area (Å²) in [6.07, 6.45) is -4.55. The second-order valence-corrected chi connectivity index (χ2v) is 7.08. The van der Waals surface area contributed by atoms with Gasteiger partial charge in [-0.25, -0.2) is 9.97 Å². The Bertz CT molecular complexity index is 1170. The van der Waals surface area contributed by atoms with E-state index in [1.165, 1.54) is 18.4 Å². The average molecular weight is 419 g/mol. The smallest absolute Gasteiger partial charge is 0.449 e. The van der Waals surface area contributed by atoms with Crippen molar-refractivity contribution in [1.29, 1.82) is 0 Å². The number of para-hydroxylation sites is 2. The minimum atomic E-state index is -4.55. The molecule has 2 aromatic heterocycles. The quantitative estimate of drug-likeness (QED) is 0.444. The van der Waals surface area contributed by atoms with Gasteiger partial charge in [0.1, 0.15) is 5.01 Å². The van der Waals surface area contributed by atoms with E-state index in [1.54, 1.807) is 48.9 Å². The number of aromatic nitrogens is 3. The number of benzene rings is 2. The van der Waals surface area contributed by atoms with Crippen LogP contribution in [0.4, 0.5) is 13.2 Å². The highest BCUT2D eigenvalue weighted by atomic mass is 32.1. The molecule has 4 aromatic rings. The van der Waals surface area contributed by atoms with Gasteiger partial charge in [-0.15, -0.1) is 11.3 Å². The van der Waals surface area contributed by atoms with Crippen molar-refractivity contribution in [2.75, 3.05) is 14.2 Å². The Hall–Kier alpha value is -3.07. The molecule has 0 saturated heterocycles. The largest absolute Gasteiger partial charge is 0.493 e. The van der Waals surface area contributed by atoms with Gasteiger partial charge >= 0.3 is 6.18 Å². The highest BCUT2D eigenvalue weighted by molar-refractivity contribution is 7.13. The molecule has 0 N–H and O–H groups in total. The first kappa shape index (κ1) is 19.3. The fraction of sp³-hybridized carbons (Fsp3) is 0.200. The van der Waals surface area contributed by atoms with Crippen molar-refractivity contribution in [2.24, 2.45) is 0 Å². The number of thiazole rings is 1. The van der Waals surface area contributed by atoms with Crippen molar-refractivity contribution in [2.45, 2.75) is 12.7 Å². The van der Waals surface area contributed by atoms with E-state index in [9.17, 15) is 13.2 Å². The van der Waals surface area contributed by atoms with E-state index in [-0.39, 0.29) is 6.54 Å². The van der Waals surface area contributed by atoms with E-state index >= 15 is 0 Å². The summed E-state index contributed by atoms with van der Waals surface area (Å²) in [6, 6.07) is 11.9. The molecule has 0 bridgehead atoms. The fourth-order valence-corrected chi connectivity index (χ4v) is 3.90. The van der Waals surface area contributed by atoms with Crippen molar-refractivity contribution in [3.63, 3.8) is 0 Å². The van der Waals surface area contributed by atoms with Crippen LogP contribution in [0.5, 0.6) is 11.5 Å². The lowest BCUT2D eigenvalue weighted by Crippen LogP contribution is -2.15. The lowest BCUT2D eigenvalue weighted by atomic mass is 10.2. The number of rotatable bonds is 5. The molecule has 0 spiro atoms. The van der Waals surface area contributed by atoms with Crippen molar-refractivity contribution >= 4 is 22.4 Å². The summed E-state index contributed by atoms with van der Waals surface area (Å²) < 4.78 is 52.2. The van der Waals surface area contributed by atoms with Crippen LogP contribution in [0.2, 0.25) is 0 Å². The molecule has 29 heavy (non-hydrogen) atoms. The Morgan fingerprint density at radius 3 is 2.48 bits per heavy atom. The molecule has 2 heterocycles. The molecule has 0 radical (unpaired) electrons. The monoisotopic (exact) mass is 419 g/mol. The Morgan fingerprint density at radius 2 is 1.76 bits per heavy atom. The van der Waals surface area contributed by atoms with Crippen molar-refractivity contribution < 1.29 is 22.6 Å². The summed E-state index contributed by atoms with van der Waals surface area (Å²) in [5.41, 5.74) is 2.04. The first-order valence-electron chi connectivity index (χ1n) is 8.60. The number of hydrogen-bond donors (Lipinski definition) is 0. The average Bonchev–Trinajstić information content (AvgIpc) is 3.33. The zero-order chi connectivity index (χ0) is 20.6. The molecule has 0 aliphatic rings. The standard InChI is InChI=1S/C20H16F3N3O2S/c1-27-16-8-7-12(9-17(16)28-2)18-24-13(11-29-18)10-26-15-6-4-3-5-14(15)25-19(26)20(21,22)23/h3-9,11H,10H2,1-2H3. The van der Waals surface area contributed by atoms with Gasteiger partial charge in [0.2, 0.25) is 5.82 Å². The third-order valence-electron chi connectivity index (χ3n) is 4.41. The molecule has 0 saturated carbocycles. The van der Waals surface area contributed by atoms with Crippen LogP contribution in [0.3, 0.4) is 0 Å². The molecule has 0 aliphatic heterocycles. The Labute approximate surface area is 168 Å². The molecule has 4 rings (SSSR count). The lowest BCUT2D eigenvalue weighted by Gasteiger charge is -2.10. The molecular weight excluding hydrogens is 403 g/mol. The van der Waals surface area contributed by atoms with E-state index in [0.717, 1.165) is 10.1 Å². The van der Waals surface area contributed by atoms with Gasteiger partial charge in [-0.3, -0.25) is 0 Å². The van der Waals surface area contributed by atoms with Gasteiger partial charge in [0.15, 0.2) is 11.5 Å². The topological polar surface area (TPSA) is 49.2 Å². The Kier molecular flexibility index (Phi) is 4.91. The summed E-state index contributed by atoms with van der Waals surface area (Å²) in [7, 11) is 3.09. The van der Waals surface area contributed by atoms with E-state index < -0.39 is 12.0 Å². The SMILES string of the molecule is COc1ccc(-c2nc(Cn3c(C(F)(F)F)nc4ccccc43)cs2)cc1OC. The molecule has 0 atom stereocenters. The van der Waals surface area contributed by atoms with Crippen molar-refractivity contribution in [3.8, 4) is 22.1 Å². The number of fused-ring (bicyclic) bond motifs is 1. The van der Waals surface area contributed by atoms with Gasteiger partial charge in [0, 0.05) is 10.9 Å². The van der Waals surface area contributed by atoms with Gasteiger partial charge in [-0.05, 0) is 30.3 Å². The highest BCUT2D eigenvalue weighted by Crippen LogP contribution is 2.35. The maximum Gasteiger partial charge on any atom is 0.449 e. The lowest BCUT2D eigenvalue weighted by molar-refractivity contribution is -0.146. The summed E-state index contributed by atoms with van der Waals surface area (Å²) >= 11 is 1.35. The van der Waals surface area contributed by atoms with Crippen LogP contribution < -0.4 is 9.47 Å². The first-order chi connectivity index (χ1) is 13.9. The molecule has 150 valence electrons. The van der Waals surface area contributed by atoms with Crippen LogP contribution in [0.1, 0.15) is 11.5 Å². The number of methoxy groups -OCH3 is 2. The van der Waals surface area contributed by atoms with Gasteiger partial charge in [-0.1, -0.05) is 12.1 Å². The Balaban J connectivity index is 1.70. The van der Waals surface area contributed by atoms with Gasteiger partial charge in [0.05, 0.1) is 37.5 Å². The minimum absolute atomic E-state index is 0.0286. The first-order valence-corrected chi connectivity index (χ1v) is 9.48.